The Morgan fingerprint density at radius 3 is 2.88 bits per heavy atom. The maximum atomic E-state index is 12.4. The summed E-state index contributed by atoms with van der Waals surface area (Å²) in [5, 5.41) is 10.9. The molecule has 1 fully saturated rings. The summed E-state index contributed by atoms with van der Waals surface area (Å²) in [6, 6.07) is 4.26. The standard InChI is InChI=1S/C21H29NO3/c1-5-11-22(3)17-12-14-7-10-18(25-4)20(24)19(14)21(6-2)13-15(23)8-9-16(17)21/h5,7,10,16-17,24H,1,6,8-9,11-13H2,2-4H3/t16?,17?,21-/m1/s1. The van der Waals surface area contributed by atoms with Crippen molar-refractivity contribution in [2.75, 3.05) is 20.7 Å². The topological polar surface area (TPSA) is 49.8 Å². The molecule has 136 valence electrons. The number of carbonyl (C=O) groups is 1. The number of Topliss-reactive ketones (excluding diaryl/α,β-unsaturated/α-hetero) is 1. The van der Waals surface area contributed by atoms with E-state index in [1.807, 2.05) is 12.1 Å². The third-order valence-electron chi connectivity index (χ3n) is 6.41. The van der Waals surface area contributed by atoms with Crippen LogP contribution in [0, 0.1) is 5.92 Å². The first-order chi connectivity index (χ1) is 12.0. The van der Waals surface area contributed by atoms with E-state index in [-0.39, 0.29) is 11.2 Å². The molecule has 3 atom stereocenters. The van der Waals surface area contributed by atoms with Crippen LogP contribution in [0.5, 0.6) is 11.5 Å². The van der Waals surface area contributed by atoms with E-state index in [4.69, 9.17) is 4.74 Å². The number of benzene rings is 1. The lowest BCUT2D eigenvalue weighted by molar-refractivity contribution is -0.125. The predicted molar refractivity (Wildman–Crippen MR) is 99.3 cm³/mol. The van der Waals surface area contributed by atoms with Gasteiger partial charge in [-0.25, -0.2) is 0 Å². The number of ketones is 1. The van der Waals surface area contributed by atoms with Crippen molar-refractivity contribution in [1.82, 2.24) is 4.90 Å². The average Bonchev–Trinajstić information content (AvgIpc) is 2.60. The number of rotatable bonds is 5. The van der Waals surface area contributed by atoms with Crippen LogP contribution in [-0.4, -0.2) is 42.5 Å². The molecule has 0 heterocycles. The monoisotopic (exact) mass is 343 g/mol. The zero-order chi connectivity index (χ0) is 18.2. The molecule has 1 saturated carbocycles. The molecule has 2 aliphatic rings. The van der Waals surface area contributed by atoms with Crippen LogP contribution >= 0.6 is 0 Å². The first kappa shape index (κ1) is 18.0. The summed E-state index contributed by atoms with van der Waals surface area (Å²) in [6.45, 7) is 6.85. The van der Waals surface area contributed by atoms with Gasteiger partial charge in [-0.15, -0.1) is 6.58 Å². The van der Waals surface area contributed by atoms with Crippen LogP contribution in [0.1, 0.15) is 43.7 Å². The van der Waals surface area contributed by atoms with Crippen LogP contribution in [-0.2, 0) is 16.6 Å². The first-order valence-corrected chi connectivity index (χ1v) is 9.20. The van der Waals surface area contributed by atoms with Crippen molar-refractivity contribution < 1.29 is 14.6 Å². The van der Waals surface area contributed by atoms with Crippen LogP contribution in [0.2, 0.25) is 0 Å². The summed E-state index contributed by atoms with van der Waals surface area (Å²) in [5.41, 5.74) is 1.80. The number of fused-ring (bicyclic) bond motifs is 3. The van der Waals surface area contributed by atoms with Gasteiger partial charge in [-0.05, 0) is 43.9 Å². The van der Waals surface area contributed by atoms with Gasteiger partial charge in [0, 0.05) is 36.4 Å². The molecule has 0 bridgehead atoms. The van der Waals surface area contributed by atoms with E-state index in [0.29, 0.717) is 36.3 Å². The highest BCUT2D eigenvalue weighted by Gasteiger charge is 2.53. The second-order valence-electron chi connectivity index (χ2n) is 7.52. The van der Waals surface area contributed by atoms with Crippen molar-refractivity contribution in [3.05, 3.63) is 35.9 Å². The lowest BCUT2D eigenvalue weighted by Crippen LogP contribution is -2.55. The van der Waals surface area contributed by atoms with E-state index in [0.717, 1.165) is 36.9 Å². The Morgan fingerprint density at radius 2 is 2.24 bits per heavy atom. The largest absolute Gasteiger partial charge is 0.504 e. The number of likely N-dealkylation sites (N-methyl/N-ethyl adjacent to an activating group) is 1. The van der Waals surface area contributed by atoms with E-state index in [1.54, 1.807) is 7.11 Å². The van der Waals surface area contributed by atoms with Gasteiger partial charge in [-0.2, -0.15) is 0 Å². The molecule has 0 saturated heterocycles. The van der Waals surface area contributed by atoms with Crippen molar-refractivity contribution in [2.24, 2.45) is 5.92 Å². The number of hydrogen-bond donors (Lipinski definition) is 1. The number of nitrogens with zero attached hydrogens (tertiary/aromatic N) is 1. The van der Waals surface area contributed by atoms with Gasteiger partial charge in [-0.3, -0.25) is 9.69 Å². The molecule has 0 amide bonds. The lowest BCUT2D eigenvalue weighted by atomic mass is 9.53. The average molecular weight is 343 g/mol. The number of ether oxygens (including phenoxy) is 1. The van der Waals surface area contributed by atoms with Gasteiger partial charge in [-0.1, -0.05) is 19.1 Å². The zero-order valence-corrected chi connectivity index (χ0v) is 15.5. The minimum absolute atomic E-state index is 0.228. The van der Waals surface area contributed by atoms with Gasteiger partial charge in [0.2, 0.25) is 0 Å². The summed E-state index contributed by atoms with van der Waals surface area (Å²) in [5.74, 6) is 1.39. The van der Waals surface area contributed by atoms with E-state index >= 15 is 0 Å². The Kier molecular flexibility index (Phi) is 4.92. The molecular weight excluding hydrogens is 314 g/mol. The van der Waals surface area contributed by atoms with Crippen LogP contribution in [0.4, 0.5) is 0 Å². The summed E-state index contributed by atoms with van der Waals surface area (Å²) in [4.78, 5) is 14.8. The molecule has 0 aromatic heterocycles. The van der Waals surface area contributed by atoms with E-state index in [2.05, 4.69) is 31.5 Å². The van der Waals surface area contributed by atoms with Crippen molar-refractivity contribution in [2.45, 2.75) is 50.5 Å². The molecule has 4 heteroatoms. The van der Waals surface area contributed by atoms with Gasteiger partial charge in [0.1, 0.15) is 5.78 Å². The molecule has 4 nitrogen and oxygen atoms in total. The van der Waals surface area contributed by atoms with Gasteiger partial charge >= 0.3 is 0 Å². The Labute approximate surface area is 150 Å². The maximum absolute atomic E-state index is 12.4. The third kappa shape index (κ3) is 2.77. The normalized spacial score (nSPS) is 28.4. The molecule has 2 aliphatic carbocycles. The summed E-state index contributed by atoms with van der Waals surface area (Å²) in [6.07, 6.45) is 5.70. The second kappa shape index (κ2) is 6.83. The number of methoxy groups -OCH3 is 1. The summed E-state index contributed by atoms with van der Waals surface area (Å²) >= 11 is 0. The molecular formula is C21H29NO3. The van der Waals surface area contributed by atoms with E-state index in [9.17, 15) is 9.90 Å². The van der Waals surface area contributed by atoms with Gasteiger partial charge in [0.05, 0.1) is 7.11 Å². The van der Waals surface area contributed by atoms with E-state index < -0.39 is 0 Å². The zero-order valence-electron chi connectivity index (χ0n) is 15.5. The SMILES string of the molecule is C=CCN(C)C1Cc2ccc(OC)c(O)c2[C@]2(CC)CC(=O)CCC12. The highest BCUT2D eigenvalue weighted by molar-refractivity contribution is 5.82. The highest BCUT2D eigenvalue weighted by Crippen LogP contribution is 2.56. The lowest BCUT2D eigenvalue weighted by Gasteiger charge is -2.53. The van der Waals surface area contributed by atoms with Crippen LogP contribution in [0.3, 0.4) is 0 Å². The molecule has 2 unspecified atom stereocenters. The molecule has 0 spiro atoms. The predicted octanol–water partition coefficient (Wildman–Crippen LogP) is 3.46. The number of aromatic hydroxyl groups is 1. The molecule has 0 radical (unpaired) electrons. The fourth-order valence-electron chi connectivity index (χ4n) is 5.24. The van der Waals surface area contributed by atoms with Crippen molar-refractivity contribution in [3.8, 4) is 11.5 Å². The number of phenolic OH excluding ortho intramolecular Hbond substituents is 1. The molecule has 1 N–H and O–H groups in total. The van der Waals surface area contributed by atoms with Crippen LogP contribution in [0.15, 0.2) is 24.8 Å². The Hall–Kier alpha value is -1.81. The Bertz CT molecular complexity index is 684. The minimum atomic E-state index is -0.304. The fraction of sp³-hybridized carbons (Fsp3) is 0.571. The number of carbonyl (C=O) groups excluding carboxylic acids is 1. The smallest absolute Gasteiger partial charge is 0.161 e. The van der Waals surface area contributed by atoms with Crippen molar-refractivity contribution in [3.63, 3.8) is 0 Å². The molecule has 0 aliphatic heterocycles. The fourth-order valence-corrected chi connectivity index (χ4v) is 5.24. The second-order valence-corrected chi connectivity index (χ2v) is 7.52. The summed E-state index contributed by atoms with van der Waals surface area (Å²) < 4.78 is 5.36. The third-order valence-corrected chi connectivity index (χ3v) is 6.41. The van der Waals surface area contributed by atoms with Gasteiger partial charge in [0.25, 0.3) is 0 Å². The molecule has 1 aromatic carbocycles. The first-order valence-electron chi connectivity index (χ1n) is 9.20. The molecule has 25 heavy (non-hydrogen) atoms. The Morgan fingerprint density at radius 1 is 1.48 bits per heavy atom. The highest BCUT2D eigenvalue weighted by atomic mass is 16.5. The van der Waals surface area contributed by atoms with Gasteiger partial charge < -0.3 is 9.84 Å². The number of phenols is 1. The summed E-state index contributed by atoms with van der Waals surface area (Å²) in [7, 11) is 3.71. The Balaban J connectivity index is 2.19. The van der Waals surface area contributed by atoms with Crippen molar-refractivity contribution in [1.29, 1.82) is 0 Å². The molecule has 1 aromatic rings. The van der Waals surface area contributed by atoms with Crippen LogP contribution in [0.25, 0.3) is 0 Å². The van der Waals surface area contributed by atoms with Crippen LogP contribution < -0.4 is 4.74 Å². The van der Waals surface area contributed by atoms with Gasteiger partial charge in [0.15, 0.2) is 11.5 Å². The molecule has 3 rings (SSSR count). The quantitative estimate of drug-likeness (QED) is 0.832. The maximum Gasteiger partial charge on any atom is 0.161 e. The number of hydrogen-bond acceptors (Lipinski definition) is 4. The van der Waals surface area contributed by atoms with Crippen molar-refractivity contribution >= 4 is 5.78 Å². The minimum Gasteiger partial charge on any atom is -0.504 e. The van der Waals surface area contributed by atoms with E-state index in [1.165, 1.54) is 0 Å².